The minimum absolute atomic E-state index is 0.721. The molecule has 0 radical (unpaired) electrons. The highest BCUT2D eigenvalue weighted by atomic mass is 15.2. The van der Waals surface area contributed by atoms with Gasteiger partial charge in [0.15, 0.2) is 0 Å². The van der Waals surface area contributed by atoms with E-state index < -0.39 is 0 Å². The zero-order valence-corrected chi connectivity index (χ0v) is 11.0. The molecule has 94 valence electrons. The largest absolute Gasteiger partial charge is 0.371 e. The van der Waals surface area contributed by atoms with Crippen LogP contribution in [0.3, 0.4) is 0 Å². The molecular formula is C15H19N3. The maximum Gasteiger partial charge on any atom is 0.0726 e. The molecule has 1 aliphatic rings. The number of para-hydroxylation sites is 1. The van der Waals surface area contributed by atoms with Gasteiger partial charge in [0.1, 0.15) is 0 Å². The van der Waals surface area contributed by atoms with Crippen molar-refractivity contribution in [3.8, 4) is 0 Å². The molecule has 1 aliphatic carbocycles. The second-order valence-corrected chi connectivity index (χ2v) is 5.02. The molecule has 0 amide bonds. The topological polar surface area (TPSA) is 28.2 Å². The maximum absolute atomic E-state index is 4.70. The average molecular weight is 241 g/mol. The molecule has 0 atom stereocenters. The number of fused-ring (bicyclic) bond motifs is 1. The summed E-state index contributed by atoms with van der Waals surface area (Å²) >= 11 is 0. The van der Waals surface area contributed by atoms with Crippen LogP contribution in [0.1, 0.15) is 18.5 Å². The van der Waals surface area contributed by atoms with E-state index in [1.54, 1.807) is 0 Å². The van der Waals surface area contributed by atoms with Gasteiger partial charge < -0.3 is 10.2 Å². The zero-order valence-electron chi connectivity index (χ0n) is 11.0. The molecule has 3 rings (SSSR count). The van der Waals surface area contributed by atoms with Gasteiger partial charge in [-0.25, -0.2) is 0 Å². The second-order valence-electron chi connectivity index (χ2n) is 5.02. The van der Waals surface area contributed by atoms with Gasteiger partial charge in [-0.3, -0.25) is 4.98 Å². The first-order valence-electron chi connectivity index (χ1n) is 6.55. The van der Waals surface area contributed by atoms with Gasteiger partial charge >= 0.3 is 0 Å². The third-order valence-corrected chi connectivity index (χ3v) is 3.58. The first kappa shape index (κ1) is 11.5. The lowest BCUT2D eigenvalue weighted by atomic mass is 10.1. The molecular weight excluding hydrogens is 222 g/mol. The zero-order chi connectivity index (χ0) is 12.5. The van der Waals surface area contributed by atoms with Gasteiger partial charge in [0.2, 0.25) is 0 Å². The van der Waals surface area contributed by atoms with E-state index in [1.807, 2.05) is 7.05 Å². The van der Waals surface area contributed by atoms with Crippen molar-refractivity contribution >= 4 is 16.6 Å². The van der Waals surface area contributed by atoms with Crippen molar-refractivity contribution in [2.75, 3.05) is 19.0 Å². The van der Waals surface area contributed by atoms with Crippen LogP contribution in [0.25, 0.3) is 10.9 Å². The van der Waals surface area contributed by atoms with Gasteiger partial charge in [0.25, 0.3) is 0 Å². The van der Waals surface area contributed by atoms with Crippen molar-refractivity contribution in [2.45, 2.75) is 25.4 Å². The highest BCUT2D eigenvalue weighted by molar-refractivity contribution is 5.92. The van der Waals surface area contributed by atoms with Crippen molar-refractivity contribution in [2.24, 2.45) is 0 Å². The fraction of sp³-hybridized carbons (Fsp3) is 0.400. The number of rotatable bonds is 4. The Balaban J connectivity index is 2.13. The third kappa shape index (κ3) is 2.06. The van der Waals surface area contributed by atoms with Crippen molar-refractivity contribution < 1.29 is 0 Å². The molecule has 0 spiro atoms. The molecule has 2 aromatic rings. The van der Waals surface area contributed by atoms with Crippen molar-refractivity contribution in [1.29, 1.82) is 0 Å². The molecule has 3 heteroatoms. The first-order valence-corrected chi connectivity index (χ1v) is 6.55. The third-order valence-electron chi connectivity index (χ3n) is 3.58. The molecule has 3 nitrogen and oxygen atoms in total. The number of pyridine rings is 1. The summed E-state index contributed by atoms with van der Waals surface area (Å²) in [6, 6.07) is 11.3. The molecule has 1 fully saturated rings. The van der Waals surface area contributed by atoms with E-state index in [-0.39, 0.29) is 0 Å². The number of hydrogen-bond acceptors (Lipinski definition) is 3. The lowest BCUT2D eigenvalue weighted by Crippen LogP contribution is -2.20. The Morgan fingerprint density at radius 3 is 2.83 bits per heavy atom. The second kappa shape index (κ2) is 4.58. The fourth-order valence-corrected chi connectivity index (χ4v) is 2.43. The standard InChI is InChI=1S/C15H19N3/c1-16-10-11-9-15(18(2)12-7-8-12)13-5-3-4-6-14(13)17-11/h3-6,9,12,16H,7-8,10H2,1-2H3. The highest BCUT2D eigenvalue weighted by Gasteiger charge is 2.27. The van der Waals surface area contributed by atoms with Gasteiger partial charge in [0, 0.05) is 30.7 Å². The number of nitrogens with zero attached hydrogens (tertiary/aromatic N) is 2. The number of aromatic nitrogens is 1. The van der Waals surface area contributed by atoms with E-state index in [4.69, 9.17) is 4.98 Å². The average Bonchev–Trinajstić information content (AvgIpc) is 3.22. The monoisotopic (exact) mass is 241 g/mol. The van der Waals surface area contributed by atoms with E-state index >= 15 is 0 Å². The summed E-state index contributed by atoms with van der Waals surface area (Å²) in [5.74, 6) is 0. The fourth-order valence-electron chi connectivity index (χ4n) is 2.43. The summed E-state index contributed by atoms with van der Waals surface area (Å²) < 4.78 is 0. The first-order chi connectivity index (χ1) is 8.79. The molecule has 1 N–H and O–H groups in total. The predicted molar refractivity (Wildman–Crippen MR) is 75.9 cm³/mol. The van der Waals surface area contributed by atoms with Crippen LogP contribution in [0.5, 0.6) is 0 Å². The van der Waals surface area contributed by atoms with Gasteiger partial charge in [-0.1, -0.05) is 18.2 Å². The van der Waals surface area contributed by atoms with Gasteiger partial charge in [-0.05, 0) is 32.0 Å². The molecule has 1 aromatic carbocycles. The van der Waals surface area contributed by atoms with Crippen LogP contribution in [0, 0.1) is 0 Å². The van der Waals surface area contributed by atoms with E-state index in [9.17, 15) is 0 Å². The Labute approximate surface area is 108 Å². The Morgan fingerprint density at radius 1 is 1.33 bits per heavy atom. The summed E-state index contributed by atoms with van der Waals surface area (Å²) in [7, 11) is 4.16. The summed E-state index contributed by atoms with van der Waals surface area (Å²) in [5, 5.41) is 4.43. The summed E-state index contributed by atoms with van der Waals surface area (Å²) in [5.41, 5.74) is 3.51. The van der Waals surface area contributed by atoms with Crippen molar-refractivity contribution in [1.82, 2.24) is 10.3 Å². The number of hydrogen-bond donors (Lipinski definition) is 1. The van der Waals surface area contributed by atoms with Gasteiger partial charge in [-0.15, -0.1) is 0 Å². The van der Waals surface area contributed by atoms with E-state index in [2.05, 4.69) is 47.6 Å². The van der Waals surface area contributed by atoms with E-state index in [0.29, 0.717) is 0 Å². The Bertz CT molecular complexity index is 561. The number of anilines is 1. The van der Waals surface area contributed by atoms with Crippen LogP contribution >= 0.6 is 0 Å². The molecule has 0 aliphatic heterocycles. The Hall–Kier alpha value is -1.61. The molecule has 0 unspecified atom stereocenters. The van der Waals surface area contributed by atoms with Gasteiger partial charge in [0.05, 0.1) is 11.2 Å². The minimum Gasteiger partial charge on any atom is -0.371 e. The summed E-state index contributed by atoms with van der Waals surface area (Å²) in [4.78, 5) is 7.10. The van der Waals surface area contributed by atoms with Crippen LogP contribution in [-0.4, -0.2) is 25.1 Å². The van der Waals surface area contributed by atoms with Crippen LogP contribution < -0.4 is 10.2 Å². The Kier molecular flexibility index (Phi) is 2.92. The normalized spacial score (nSPS) is 15.0. The summed E-state index contributed by atoms with van der Waals surface area (Å²) in [6.45, 7) is 0.816. The Morgan fingerprint density at radius 2 is 2.11 bits per heavy atom. The van der Waals surface area contributed by atoms with Crippen LogP contribution in [0.4, 0.5) is 5.69 Å². The van der Waals surface area contributed by atoms with Crippen LogP contribution in [-0.2, 0) is 6.54 Å². The van der Waals surface area contributed by atoms with E-state index in [1.165, 1.54) is 23.9 Å². The van der Waals surface area contributed by atoms with E-state index in [0.717, 1.165) is 23.8 Å². The number of nitrogens with one attached hydrogen (secondary N) is 1. The van der Waals surface area contributed by atoms with Crippen LogP contribution in [0.2, 0.25) is 0 Å². The van der Waals surface area contributed by atoms with Crippen molar-refractivity contribution in [3.05, 3.63) is 36.0 Å². The molecule has 1 saturated carbocycles. The molecule has 1 heterocycles. The quantitative estimate of drug-likeness (QED) is 0.891. The van der Waals surface area contributed by atoms with Crippen molar-refractivity contribution in [3.63, 3.8) is 0 Å². The highest BCUT2D eigenvalue weighted by Crippen LogP contribution is 2.34. The smallest absolute Gasteiger partial charge is 0.0726 e. The molecule has 0 saturated heterocycles. The predicted octanol–water partition coefficient (Wildman–Crippen LogP) is 2.55. The molecule has 18 heavy (non-hydrogen) atoms. The van der Waals surface area contributed by atoms with Gasteiger partial charge in [-0.2, -0.15) is 0 Å². The van der Waals surface area contributed by atoms with Crippen LogP contribution in [0.15, 0.2) is 30.3 Å². The maximum atomic E-state index is 4.70. The minimum atomic E-state index is 0.721. The summed E-state index contributed by atoms with van der Waals surface area (Å²) in [6.07, 6.45) is 2.63. The number of benzene rings is 1. The SMILES string of the molecule is CNCc1cc(N(C)C2CC2)c2ccccc2n1. The lowest BCUT2D eigenvalue weighted by Gasteiger charge is -2.21. The molecule has 1 aromatic heterocycles. The lowest BCUT2D eigenvalue weighted by molar-refractivity contribution is 0.793. The molecule has 0 bridgehead atoms.